The summed E-state index contributed by atoms with van der Waals surface area (Å²) >= 11 is 0. The molecule has 0 fully saturated rings. The van der Waals surface area contributed by atoms with Crippen LogP contribution in [0.15, 0.2) is 18.2 Å². The molecule has 1 atom stereocenters. The fourth-order valence-corrected chi connectivity index (χ4v) is 1.59. The molecule has 0 heterocycles. The van der Waals surface area contributed by atoms with Crippen molar-refractivity contribution < 1.29 is 22.6 Å². The van der Waals surface area contributed by atoms with Gasteiger partial charge in [-0.25, -0.2) is 0 Å². The third kappa shape index (κ3) is 4.59. The van der Waals surface area contributed by atoms with Gasteiger partial charge in [-0.05, 0) is 30.0 Å². The Morgan fingerprint density at radius 3 is 2.35 bits per heavy atom. The van der Waals surface area contributed by atoms with Crippen molar-refractivity contribution in [2.75, 3.05) is 13.7 Å². The predicted octanol–water partition coefficient (Wildman–Crippen LogP) is 3.68. The topological polar surface area (TPSA) is 44.5 Å². The number of hydrogen-bond donors (Lipinski definition) is 1. The van der Waals surface area contributed by atoms with Gasteiger partial charge in [0.25, 0.3) is 0 Å². The lowest BCUT2D eigenvalue weighted by molar-refractivity contribution is -0.149. The number of hydrogen-bond acceptors (Lipinski definition) is 3. The standard InChI is InChI=1S/C14H20F3NO2/c1-9(2)6-7-20-11-5-4-10(8-12(11)19-3)13(18)14(15,16)17/h4-5,8-9,13H,6-7,18H2,1-3H3/t13-/m1/s1. The summed E-state index contributed by atoms with van der Waals surface area (Å²) in [7, 11) is 1.38. The van der Waals surface area contributed by atoms with E-state index in [-0.39, 0.29) is 11.3 Å². The van der Waals surface area contributed by atoms with Crippen molar-refractivity contribution in [3.8, 4) is 11.5 Å². The smallest absolute Gasteiger partial charge is 0.407 e. The number of methoxy groups -OCH3 is 1. The van der Waals surface area contributed by atoms with Crippen LogP contribution < -0.4 is 15.2 Å². The molecular weight excluding hydrogens is 271 g/mol. The fraction of sp³-hybridized carbons (Fsp3) is 0.571. The highest BCUT2D eigenvalue weighted by Gasteiger charge is 2.38. The maximum Gasteiger partial charge on any atom is 0.407 e. The maximum atomic E-state index is 12.6. The molecule has 0 saturated heterocycles. The molecule has 0 aliphatic rings. The minimum Gasteiger partial charge on any atom is -0.493 e. The van der Waals surface area contributed by atoms with E-state index in [0.29, 0.717) is 18.3 Å². The van der Waals surface area contributed by atoms with E-state index in [2.05, 4.69) is 13.8 Å². The summed E-state index contributed by atoms with van der Waals surface area (Å²) in [6, 6.07) is 2.01. The molecular formula is C14H20F3NO2. The van der Waals surface area contributed by atoms with Crippen molar-refractivity contribution in [3.05, 3.63) is 23.8 Å². The molecule has 0 saturated carbocycles. The highest BCUT2D eigenvalue weighted by atomic mass is 19.4. The van der Waals surface area contributed by atoms with Crippen LogP contribution in [-0.4, -0.2) is 19.9 Å². The van der Waals surface area contributed by atoms with Gasteiger partial charge in [0.15, 0.2) is 11.5 Å². The zero-order valence-corrected chi connectivity index (χ0v) is 11.8. The third-order valence-electron chi connectivity index (χ3n) is 2.85. The van der Waals surface area contributed by atoms with Gasteiger partial charge < -0.3 is 15.2 Å². The molecule has 1 rings (SSSR count). The number of nitrogens with two attached hydrogens (primary N) is 1. The Bertz CT molecular complexity index is 433. The van der Waals surface area contributed by atoms with Crippen LogP contribution in [0.25, 0.3) is 0 Å². The van der Waals surface area contributed by atoms with Gasteiger partial charge >= 0.3 is 6.18 Å². The SMILES string of the molecule is COc1cc([C@@H](N)C(F)(F)F)ccc1OCCC(C)C. The maximum absolute atomic E-state index is 12.6. The summed E-state index contributed by atoms with van der Waals surface area (Å²) in [5.74, 6) is 1.16. The van der Waals surface area contributed by atoms with Gasteiger partial charge in [-0.2, -0.15) is 13.2 Å². The van der Waals surface area contributed by atoms with Crippen LogP contribution in [0.3, 0.4) is 0 Å². The van der Waals surface area contributed by atoms with Crippen LogP contribution in [0.2, 0.25) is 0 Å². The zero-order valence-electron chi connectivity index (χ0n) is 11.8. The van der Waals surface area contributed by atoms with Gasteiger partial charge in [0.1, 0.15) is 6.04 Å². The Balaban J connectivity index is 2.85. The first-order valence-electron chi connectivity index (χ1n) is 6.38. The molecule has 0 aliphatic heterocycles. The fourth-order valence-electron chi connectivity index (χ4n) is 1.59. The molecule has 3 nitrogen and oxygen atoms in total. The molecule has 2 N–H and O–H groups in total. The lowest BCUT2D eigenvalue weighted by Gasteiger charge is -2.18. The van der Waals surface area contributed by atoms with Crippen molar-refractivity contribution in [1.82, 2.24) is 0 Å². The largest absolute Gasteiger partial charge is 0.493 e. The number of benzene rings is 1. The monoisotopic (exact) mass is 291 g/mol. The highest BCUT2D eigenvalue weighted by Crippen LogP contribution is 2.35. The molecule has 0 amide bonds. The predicted molar refractivity (Wildman–Crippen MR) is 70.9 cm³/mol. The van der Waals surface area contributed by atoms with E-state index in [9.17, 15) is 13.2 Å². The van der Waals surface area contributed by atoms with Crippen LogP contribution in [0.4, 0.5) is 13.2 Å². The van der Waals surface area contributed by atoms with Crippen LogP contribution >= 0.6 is 0 Å². The van der Waals surface area contributed by atoms with Crippen molar-refractivity contribution in [3.63, 3.8) is 0 Å². The normalized spacial score (nSPS) is 13.4. The first kappa shape index (κ1) is 16.6. The Labute approximate surface area is 116 Å². The highest BCUT2D eigenvalue weighted by molar-refractivity contribution is 5.44. The van der Waals surface area contributed by atoms with Crippen LogP contribution in [-0.2, 0) is 0 Å². The van der Waals surface area contributed by atoms with E-state index >= 15 is 0 Å². The molecule has 0 radical (unpaired) electrons. The Hall–Kier alpha value is -1.43. The van der Waals surface area contributed by atoms with Gasteiger partial charge in [0.2, 0.25) is 0 Å². The molecule has 6 heteroatoms. The first-order valence-corrected chi connectivity index (χ1v) is 6.38. The first-order chi connectivity index (χ1) is 9.25. The van der Waals surface area contributed by atoms with E-state index in [4.69, 9.17) is 15.2 Å². The van der Waals surface area contributed by atoms with E-state index < -0.39 is 12.2 Å². The quantitative estimate of drug-likeness (QED) is 0.869. The van der Waals surface area contributed by atoms with Crippen molar-refractivity contribution in [2.45, 2.75) is 32.5 Å². The molecule has 114 valence electrons. The van der Waals surface area contributed by atoms with Crippen LogP contribution in [0, 0.1) is 5.92 Å². The van der Waals surface area contributed by atoms with E-state index in [1.165, 1.54) is 25.3 Å². The van der Waals surface area contributed by atoms with Crippen LogP contribution in [0.5, 0.6) is 11.5 Å². The summed E-state index contributed by atoms with van der Waals surface area (Å²) in [5.41, 5.74) is 5.11. The molecule has 0 spiro atoms. The van der Waals surface area contributed by atoms with Crippen molar-refractivity contribution in [2.24, 2.45) is 11.7 Å². The van der Waals surface area contributed by atoms with Gasteiger partial charge in [-0.15, -0.1) is 0 Å². The Morgan fingerprint density at radius 2 is 1.85 bits per heavy atom. The molecule has 20 heavy (non-hydrogen) atoms. The summed E-state index contributed by atoms with van der Waals surface area (Å²) in [6.07, 6.45) is -3.63. The minimum atomic E-state index is -4.48. The van der Waals surface area contributed by atoms with Crippen molar-refractivity contribution in [1.29, 1.82) is 0 Å². The number of ether oxygens (including phenoxy) is 2. The molecule has 0 unspecified atom stereocenters. The van der Waals surface area contributed by atoms with E-state index in [1.54, 1.807) is 0 Å². The van der Waals surface area contributed by atoms with Gasteiger partial charge in [0, 0.05) is 0 Å². The molecule has 0 aliphatic carbocycles. The van der Waals surface area contributed by atoms with Gasteiger partial charge in [0.05, 0.1) is 13.7 Å². The Morgan fingerprint density at radius 1 is 1.20 bits per heavy atom. The average molecular weight is 291 g/mol. The zero-order chi connectivity index (χ0) is 15.3. The molecule has 1 aromatic rings. The van der Waals surface area contributed by atoms with Gasteiger partial charge in [-0.1, -0.05) is 19.9 Å². The lowest BCUT2D eigenvalue weighted by atomic mass is 10.1. The number of halogens is 3. The van der Waals surface area contributed by atoms with Gasteiger partial charge in [-0.3, -0.25) is 0 Å². The summed E-state index contributed by atoms with van der Waals surface area (Å²) in [6.45, 7) is 4.61. The molecule has 0 aromatic heterocycles. The molecule has 1 aromatic carbocycles. The van der Waals surface area contributed by atoms with E-state index in [0.717, 1.165) is 6.42 Å². The number of alkyl halides is 3. The van der Waals surface area contributed by atoms with Crippen LogP contribution in [0.1, 0.15) is 31.9 Å². The number of rotatable bonds is 6. The third-order valence-corrected chi connectivity index (χ3v) is 2.85. The minimum absolute atomic E-state index is 0.0504. The van der Waals surface area contributed by atoms with E-state index in [1.807, 2.05) is 0 Å². The summed E-state index contributed by atoms with van der Waals surface area (Å²) in [4.78, 5) is 0. The molecule has 0 bridgehead atoms. The second kappa shape index (κ2) is 6.83. The second-order valence-electron chi connectivity index (χ2n) is 4.96. The van der Waals surface area contributed by atoms with Crippen molar-refractivity contribution >= 4 is 0 Å². The second-order valence-corrected chi connectivity index (χ2v) is 4.96. The summed E-state index contributed by atoms with van der Waals surface area (Å²) < 4.78 is 48.3. The Kier molecular flexibility index (Phi) is 5.68. The summed E-state index contributed by atoms with van der Waals surface area (Å²) in [5, 5.41) is 0. The lowest BCUT2D eigenvalue weighted by Crippen LogP contribution is -2.28. The average Bonchev–Trinajstić information content (AvgIpc) is 2.36.